The van der Waals surface area contributed by atoms with Crippen molar-refractivity contribution in [1.82, 2.24) is 15.1 Å². The van der Waals surface area contributed by atoms with Crippen molar-refractivity contribution >= 4 is 5.91 Å². The van der Waals surface area contributed by atoms with Crippen molar-refractivity contribution < 1.29 is 14.6 Å². The lowest BCUT2D eigenvalue weighted by atomic mass is 10.1. The van der Waals surface area contributed by atoms with Gasteiger partial charge < -0.3 is 14.7 Å². The number of methoxy groups -OCH3 is 1. The van der Waals surface area contributed by atoms with E-state index in [-0.39, 0.29) is 18.6 Å². The van der Waals surface area contributed by atoms with Gasteiger partial charge in [-0.1, -0.05) is 24.3 Å². The van der Waals surface area contributed by atoms with Crippen molar-refractivity contribution in [2.75, 3.05) is 20.3 Å². The lowest BCUT2D eigenvalue weighted by molar-refractivity contribution is 0.0694. The first-order valence-electron chi connectivity index (χ1n) is 7.01. The zero-order valence-electron chi connectivity index (χ0n) is 12.2. The van der Waals surface area contributed by atoms with E-state index in [1.807, 2.05) is 36.4 Å². The first-order chi connectivity index (χ1) is 10.7. The molecule has 0 aliphatic carbocycles. The maximum atomic E-state index is 12.5. The summed E-state index contributed by atoms with van der Waals surface area (Å²) in [6, 6.07) is 8.93. The molecular formula is C16H17N3O3. The van der Waals surface area contributed by atoms with Crippen LogP contribution in [0.15, 0.2) is 42.5 Å². The van der Waals surface area contributed by atoms with Crippen molar-refractivity contribution in [2.45, 2.75) is 6.04 Å². The normalized spacial score (nSPS) is 17.0. The lowest BCUT2D eigenvalue weighted by Gasteiger charge is -2.21. The molecule has 1 aliphatic heterocycles. The van der Waals surface area contributed by atoms with E-state index >= 15 is 0 Å². The monoisotopic (exact) mass is 299 g/mol. The van der Waals surface area contributed by atoms with Crippen molar-refractivity contribution in [3.63, 3.8) is 0 Å². The van der Waals surface area contributed by atoms with Gasteiger partial charge in [0.1, 0.15) is 11.4 Å². The molecule has 2 N–H and O–H groups in total. The van der Waals surface area contributed by atoms with Crippen LogP contribution in [0.4, 0.5) is 0 Å². The number of ether oxygens (including phenoxy) is 1. The van der Waals surface area contributed by atoms with Crippen molar-refractivity contribution in [1.29, 1.82) is 0 Å². The Labute approximate surface area is 128 Å². The maximum Gasteiger partial charge on any atom is 0.272 e. The minimum absolute atomic E-state index is 0.0842. The first kappa shape index (κ1) is 14.3. The second-order valence-electron chi connectivity index (χ2n) is 5.03. The molecule has 0 radical (unpaired) electrons. The lowest BCUT2D eigenvalue weighted by Crippen LogP contribution is -2.38. The Morgan fingerprint density at radius 1 is 1.50 bits per heavy atom. The number of aliphatic hydroxyl groups excluding tert-OH is 1. The van der Waals surface area contributed by atoms with E-state index in [0.717, 1.165) is 11.3 Å². The zero-order valence-corrected chi connectivity index (χ0v) is 12.2. The number of H-pyrrole nitrogens is 1. The average molecular weight is 299 g/mol. The van der Waals surface area contributed by atoms with Gasteiger partial charge in [0.25, 0.3) is 5.91 Å². The Hall–Kier alpha value is -2.60. The minimum Gasteiger partial charge on any atom is -0.497 e. The molecule has 0 bridgehead atoms. The Morgan fingerprint density at radius 2 is 2.36 bits per heavy atom. The van der Waals surface area contributed by atoms with Gasteiger partial charge in [0.15, 0.2) is 0 Å². The number of aromatic nitrogens is 2. The molecule has 6 heteroatoms. The van der Waals surface area contributed by atoms with E-state index in [2.05, 4.69) is 10.2 Å². The summed E-state index contributed by atoms with van der Waals surface area (Å²) in [5.74, 6) is 0.558. The van der Waals surface area contributed by atoms with Gasteiger partial charge in [0, 0.05) is 12.1 Å². The van der Waals surface area contributed by atoms with E-state index in [0.29, 0.717) is 17.9 Å². The molecule has 0 spiro atoms. The number of aromatic amines is 1. The number of rotatable bonds is 4. The van der Waals surface area contributed by atoms with Gasteiger partial charge in [-0.15, -0.1) is 0 Å². The highest BCUT2D eigenvalue weighted by Gasteiger charge is 2.26. The third kappa shape index (κ3) is 2.60. The van der Waals surface area contributed by atoms with Crippen LogP contribution in [-0.4, -0.2) is 52.4 Å². The van der Waals surface area contributed by atoms with Crippen LogP contribution in [-0.2, 0) is 0 Å². The van der Waals surface area contributed by atoms with Crippen LogP contribution < -0.4 is 4.74 Å². The van der Waals surface area contributed by atoms with Gasteiger partial charge in [0.2, 0.25) is 0 Å². The highest BCUT2D eigenvalue weighted by Crippen LogP contribution is 2.23. The van der Waals surface area contributed by atoms with Gasteiger partial charge in [-0.3, -0.25) is 9.89 Å². The fourth-order valence-electron chi connectivity index (χ4n) is 2.48. The summed E-state index contributed by atoms with van der Waals surface area (Å²) in [5.41, 5.74) is 1.95. The fraction of sp³-hybridized carbons (Fsp3) is 0.250. The number of nitrogens with zero attached hydrogens (tertiary/aromatic N) is 2. The predicted molar refractivity (Wildman–Crippen MR) is 81.6 cm³/mol. The second kappa shape index (κ2) is 6.03. The van der Waals surface area contributed by atoms with Gasteiger partial charge in [-0.2, -0.15) is 5.10 Å². The molecule has 2 aromatic rings. The van der Waals surface area contributed by atoms with Crippen LogP contribution in [0.2, 0.25) is 0 Å². The number of carbonyl (C=O) groups is 1. The molecular weight excluding hydrogens is 282 g/mol. The molecule has 1 aromatic carbocycles. The fourth-order valence-corrected chi connectivity index (χ4v) is 2.48. The standard InChI is InChI=1S/C16H17N3O3/c1-22-13-6-2-4-11(8-13)14-9-15(18-17-14)16(21)19-7-3-5-12(19)10-20/h2-6,8-9,12,20H,7,10H2,1H3,(H,17,18)/t12-/m0/s1. The molecule has 6 nitrogen and oxygen atoms in total. The third-order valence-corrected chi connectivity index (χ3v) is 3.68. The summed E-state index contributed by atoms with van der Waals surface area (Å²) in [6.07, 6.45) is 3.70. The first-order valence-corrected chi connectivity index (χ1v) is 7.01. The summed E-state index contributed by atoms with van der Waals surface area (Å²) < 4.78 is 5.19. The molecule has 1 aliphatic rings. The molecule has 22 heavy (non-hydrogen) atoms. The van der Waals surface area contributed by atoms with Gasteiger partial charge in [-0.25, -0.2) is 0 Å². The topological polar surface area (TPSA) is 78.5 Å². The number of carbonyl (C=O) groups excluding carboxylic acids is 1. The number of hydrogen-bond acceptors (Lipinski definition) is 4. The third-order valence-electron chi connectivity index (χ3n) is 3.68. The Bertz CT molecular complexity index is 708. The predicted octanol–water partition coefficient (Wildman–Crippen LogP) is 1.46. The van der Waals surface area contributed by atoms with Crippen LogP contribution in [0.1, 0.15) is 10.5 Å². The van der Waals surface area contributed by atoms with E-state index in [1.54, 1.807) is 18.1 Å². The van der Waals surface area contributed by atoms with E-state index in [1.165, 1.54) is 0 Å². The number of benzene rings is 1. The summed E-state index contributed by atoms with van der Waals surface area (Å²) in [7, 11) is 1.61. The molecule has 0 saturated heterocycles. The molecule has 0 fully saturated rings. The van der Waals surface area contributed by atoms with Crippen molar-refractivity contribution in [2.24, 2.45) is 0 Å². The van der Waals surface area contributed by atoms with E-state index in [9.17, 15) is 9.90 Å². The van der Waals surface area contributed by atoms with Crippen LogP contribution in [0, 0.1) is 0 Å². The second-order valence-corrected chi connectivity index (χ2v) is 5.03. The Morgan fingerprint density at radius 3 is 3.14 bits per heavy atom. The number of amides is 1. The average Bonchev–Trinajstić information content (AvgIpc) is 3.23. The minimum atomic E-state index is -0.268. The zero-order chi connectivity index (χ0) is 15.5. The highest BCUT2D eigenvalue weighted by atomic mass is 16.5. The van der Waals surface area contributed by atoms with Gasteiger partial charge in [0.05, 0.1) is 25.5 Å². The van der Waals surface area contributed by atoms with Gasteiger partial charge in [-0.05, 0) is 18.2 Å². The molecule has 1 atom stereocenters. The van der Waals surface area contributed by atoms with Crippen molar-refractivity contribution in [3.8, 4) is 17.0 Å². The molecule has 114 valence electrons. The molecule has 3 rings (SSSR count). The largest absolute Gasteiger partial charge is 0.497 e. The SMILES string of the molecule is COc1cccc(-c2cc(C(=O)N3CC=C[C@H]3CO)[nH]n2)c1. The molecule has 1 amide bonds. The van der Waals surface area contributed by atoms with Crippen LogP contribution in [0.5, 0.6) is 5.75 Å². The smallest absolute Gasteiger partial charge is 0.272 e. The molecule has 1 aromatic heterocycles. The summed E-state index contributed by atoms with van der Waals surface area (Å²) in [4.78, 5) is 14.1. The quantitative estimate of drug-likeness (QED) is 0.838. The van der Waals surface area contributed by atoms with Crippen LogP contribution in [0.3, 0.4) is 0 Å². The highest BCUT2D eigenvalue weighted by molar-refractivity contribution is 5.94. The van der Waals surface area contributed by atoms with Crippen molar-refractivity contribution in [3.05, 3.63) is 48.2 Å². The Balaban J connectivity index is 1.83. The maximum absolute atomic E-state index is 12.5. The number of aliphatic hydroxyl groups is 1. The molecule has 0 unspecified atom stereocenters. The summed E-state index contributed by atoms with van der Waals surface area (Å²) in [6.45, 7) is 0.413. The van der Waals surface area contributed by atoms with Crippen LogP contribution >= 0.6 is 0 Å². The number of nitrogens with one attached hydrogen (secondary N) is 1. The van der Waals surface area contributed by atoms with E-state index < -0.39 is 0 Å². The van der Waals surface area contributed by atoms with Gasteiger partial charge >= 0.3 is 0 Å². The molecule has 2 heterocycles. The summed E-state index contributed by atoms with van der Waals surface area (Å²) >= 11 is 0. The van der Waals surface area contributed by atoms with E-state index in [4.69, 9.17) is 4.74 Å². The van der Waals surface area contributed by atoms with Crippen LogP contribution in [0.25, 0.3) is 11.3 Å². The summed E-state index contributed by atoms with van der Waals surface area (Å²) in [5, 5.41) is 16.3. The Kier molecular flexibility index (Phi) is 3.93. The molecule has 0 saturated carbocycles. The number of hydrogen-bond donors (Lipinski definition) is 2.